The largest absolute Gasteiger partial charge is 0.376 e. The van der Waals surface area contributed by atoms with Gasteiger partial charge in [0.15, 0.2) is 11.6 Å². The first-order valence-corrected chi connectivity index (χ1v) is 10.2. The van der Waals surface area contributed by atoms with Gasteiger partial charge in [0.2, 0.25) is 0 Å². The molecule has 3 rings (SSSR count). The highest BCUT2D eigenvalue weighted by Gasteiger charge is 2.06. The predicted octanol–water partition coefficient (Wildman–Crippen LogP) is 3.30. The van der Waals surface area contributed by atoms with Gasteiger partial charge in [0, 0.05) is 32.3 Å². The van der Waals surface area contributed by atoms with Gasteiger partial charge >= 0.3 is 0 Å². The van der Waals surface area contributed by atoms with Crippen molar-refractivity contribution in [2.24, 2.45) is 10.9 Å². The van der Waals surface area contributed by atoms with Crippen LogP contribution in [0.25, 0.3) is 5.65 Å². The van der Waals surface area contributed by atoms with Crippen LogP contribution in [-0.2, 0) is 17.8 Å². The van der Waals surface area contributed by atoms with E-state index in [0.717, 1.165) is 36.9 Å². The molecule has 0 aliphatic heterocycles. The SMILES string of the molecule is CCNC(=NCC(C)COCc1ccccc1)NCCc1nnc2ccccn12.I. The quantitative estimate of drug-likeness (QED) is 0.243. The van der Waals surface area contributed by atoms with E-state index >= 15 is 0 Å². The smallest absolute Gasteiger partial charge is 0.191 e. The lowest BCUT2D eigenvalue weighted by Crippen LogP contribution is -2.38. The van der Waals surface area contributed by atoms with Crippen molar-refractivity contribution in [2.75, 3.05) is 26.2 Å². The standard InChI is InChI=1S/C22H30N6O.HI/c1-3-23-22(24-13-12-21-27-26-20-11-7-8-14-28(20)21)25-15-18(2)16-29-17-19-9-5-4-6-10-19;/h4-11,14,18H,3,12-13,15-17H2,1-2H3,(H2,23,24,25);1H. The van der Waals surface area contributed by atoms with Gasteiger partial charge in [0.25, 0.3) is 0 Å². The van der Waals surface area contributed by atoms with Crippen molar-refractivity contribution in [1.82, 2.24) is 25.2 Å². The van der Waals surface area contributed by atoms with E-state index < -0.39 is 0 Å². The van der Waals surface area contributed by atoms with Gasteiger partial charge in [-0.1, -0.05) is 43.3 Å². The number of guanidine groups is 1. The molecule has 0 saturated carbocycles. The van der Waals surface area contributed by atoms with Gasteiger partial charge in [-0.15, -0.1) is 34.2 Å². The van der Waals surface area contributed by atoms with Crippen LogP contribution in [0, 0.1) is 5.92 Å². The molecule has 1 unspecified atom stereocenters. The van der Waals surface area contributed by atoms with Crippen LogP contribution in [0.1, 0.15) is 25.2 Å². The first-order valence-electron chi connectivity index (χ1n) is 10.2. The van der Waals surface area contributed by atoms with Gasteiger partial charge in [-0.2, -0.15) is 0 Å². The number of aromatic nitrogens is 3. The van der Waals surface area contributed by atoms with Crippen molar-refractivity contribution in [3.05, 3.63) is 66.1 Å². The second-order valence-corrected chi connectivity index (χ2v) is 7.05. The molecule has 1 atom stereocenters. The number of fused-ring (bicyclic) bond motifs is 1. The molecule has 0 bridgehead atoms. The zero-order valence-electron chi connectivity index (χ0n) is 17.6. The fraction of sp³-hybridized carbons (Fsp3) is 0.409. The topological polar surface area (TPSA) is 75.8 Å². The number of ether oxygens (including phenoxy) is 1. The summed E-state index contributed by atoms with van der Waals surface area (Å²) in [5.41, 5.74) is 2.06. The molecular weight excluding hydrogens is 491 g/mol. The number of hydrogen-bond donors (Lipinski definition) is 2. The van der Waals surface area contributed by atoms with Crippen LogP contribution in [0.4, 0.5) is 0 Å². The molecule has 1 aromatic carbocycles. The third-order valence-corrected chi connectivity index (χ3v) is 4.44. The summed E-state index contributed by atoms with van der Waals surface area (Å²) in [4.78, 5) is 4.69. The van der Waals surface area contributed by atoms with Crippen LogP contribution in [-0.4, -0.2) is 46.8 Å². The molecule has 2 N–H and O–H groups in total. The molecular formula is C22H31IN6O. The van der Waals surface area contributed by atoms with Crippen molar-refractivity contribution in [2.45, 2.75) is 26.9 Å². The number of hydrogen-bond acceptors (Lipinski definition) is 4. The molecule has 0 aliphatic rings. The first kappa shape index (κ1) is 24.1. The highest BCUT2D eigenvalue weighted by Crippen LogP contribution is 2.04. The molecule has 0 radical (unpaired) electrons. The van der Waals surface area contributed by atoms with Crippen LogP contribution in [0.5, 0.6) is 0 Å². The summed E-state index contributed by atoms with van der Waals surface area (Å²) < 4.78 is 7.83. The Labute approximate surface area is 195 Å². The van der Waals surface area contributed by atoms with Crippen molar-refractivity contribution >= 4 is 35.6 Å². The van der Waals surface area contributed by atoms with Crippen LogP contribution >= 0.6 is 24.0 Å². The molecule has 2 heterocycles. The van der Waals surface area contributed by atoms with Gasteiger partial charge in [-0.25, -0.2) is 0 Å². The fourth-order valence-electron chi connectivity index (χ4n) is 2.95. The Morgan fingerprint density at radius 2 is 1.90 bits per heavy atom. The second-order valence-electron chi connectivity index (χ2n) is 7.05. The van der Waals surface area contributed by atoms with E-state index in [1.54, 1.807) is 0 Å². The summed E-state index contributed by atoms with van der Waals surface area (Å²) in [6.07, 6.45) is 2.76. The molecule has 0 fully saturated rings. The number of halogens is 1. The Morgan fingerprint density at radius 1 is 1.10 bits per heavy atom. The molecule has 0 amide bonds. The molecule has 0 aliphatic carbocycles. The molecule has 3 aromatic rings. The summed E-state index contributed by atoms with van der Waals surface area (Å²) >= 11 is 0. The normalized spacial score (nSPS) is 12.4. The van der Waals surface area contributed by atoms with Gasteiger partial charge in [0.05, 0.1) is 13.2 Å². The minimum absolute atomic E-state index is 0. The van der Waals surface area contributed by atoms with E-state index in [9.17, 15) is 0 Å². The lowest BCUT2D eigenvalue weighted by Gasteiger charge is -2.13. The van der Waals surface area contributed by atoms with Gasteiger partial charge < -0.3 is 15.4 Å². The lowest BCUT2D eigenvalue weighted by atomic mass is 10.2. The van der Waals surface area contributed by atoms with Gasteiger partial charge in [-0.3, -0.25) is 9.39 Å². The van der Waals surface area contributed by atoms with E-state index in [4.69, 9.17) is 9.73 Å². The maximum atomic E-state index is 5.82. The molecule has 8 heteroatoms. The predicted molar refractivity (Wildman–Crippen MR) is 131 cm³/mol. The Balaban J connectivity index is 0.00000320. The van der Waals surface area contributed by atoms with Crippen molar-refractivity contribution in [1.29, 1.82) is 0 Å². The summed E-state index contributed by atoms with van der Waals surface area (Å²) in [5.74, 6) is 2.09. The van der Waals surface area contributed by atoms with Crippen LogP contribution < -0.4 is 10.6 Å². The van der Waals surface area contributed by atoms with E-state index in [2.05, 4.69) is 46.8 Å². The summed E-state index contributed by atoms with van der Waals surface area (Å²) in [6.45, 7) is 7.80. The van der Waals surface area contributed by atoms with E-state index in [0.29, 0.717) is 25.7 Å². The zero-order valence-corrected chi connectivity index (χ0v) is 20.0. The molecule has 30 heavy (non-hydrogen) atoms. The van der Waals surface area contributed by atoms with Gasteiger partial charge in [0.1, 0.15) is 5.82 Å². The third kappa shape index (κ3) is 7.56. The zero-order chi connectivity index (χ0) is 20.3. The van der Waals surface area contributed by atoms with Crippen LogP contribution in [0.3, 0.4) is 0 Å². The number of pyridine rings is 1. The number of rotatable bonds is 10. The molecule has 2 aromatic heterocycles. The molecule has 162 valence electrons. The maximum Gasteiger partial charge on any atom is 0.191 e. The van der Waals surface area contributed by atoms with Crippen molar-refractivity contribution in [3.8, 4) is 0 Å². The number of nitrogens with zero attached hydrogens (tertiary/aromatic N) is 4. The Hall–Kier alpha value is -2.20. The average molecular weight is 522 g/mol. The van der Waals surface area contributed by atoms with Crippen LogP contribution in [0.2, 0.25) is 0 Å². The van der Waals surface area contributed by atoms with E-state index in [1.165, 1.54) is 5.56 Å². The minimum atomic E-state index is 0. The first-order chi connectivity index (χ1) is 14.3. The highest BCUT2D eigenvalue weighted by atomic mass is 127. The monoisotopic (exact) mass is 522 g/mol. The van der Waals surface area contributed by atoms with Crippen LogP contribution in [0.15, 0.2) is 59.7 Å². The summed E-state index contributed by atoms with van der Waals surface area (Å²) in [6, 6.07) is 16.1. The number of benzene rings is 1. The minimum Gasteiger partial charge on any atom is -0.376 e. The molecule has 0 spiro atoms. The van der Waals surface area contributed by atoms with E-state index in [1.807, 2.05) is 47.0 Å². The van der Waals surface area contributed by atoms with E-state index in [-0.39, 0.29) is 24.0 Å². The number of aliphatic imine (C=N–C) groups is 1. The van der Waals surface area contributed by atoms with Crippen molar-refractivity contribution in [3.63, 3.8) is 0 Å². The lowest BCUT2D eigenvalue weighted by molar-refractivity contribution is 0.0945. The highest BCUT2D eigenvalue weighted by molar-refractivity contribution is 14.0. The summed E-state index contributed by atoms with van der Waals surface area (Å²) in [7, 11) is 0. The molecule has 7 nitrogen and oxygen atoms in total. The summed E-state index contributed by atoms with van der Waals surface area (Å²) in [5, 5.41) is 15.1. The fourth-order valence-corrected chi connectivity index (χ4v) is 2.95. The van der Waals surface area contributed by atoms with Gasteiger partial charge in [-0.05, 0) is 30.5 Å². The average Bonchev–Trinajstić information content (AvgIpc) is 3.16. The molecule has 0 saturated heterocycles. The second kappa shape index (κ2) is 13.2. The number of nitrogens with one attached hydrogen (secondary N) is 2. The maximum absolute atomic E-state index is 5.82. The Bertz CT molecular complexity index is 899. The van der Waals surface area contributed by atoms with Crippen molar-refractivity contribution < 1.29 is 4.74 Å². The third-order valence-electron chi connectivity index (χ3n) is 4.44. The Morgan fingerprint density at radius 3 is 2.70 bits per heavy atom. The Kier molecular flexibility index (Phi) is 10.6.